The van der Waals surface area contributed by atoms with Crippen LogP contribution in [0, 0.1) is 0 Å². The fraction of sp³-hybridized carbons (Fsp3) is 1.00. The second-order valence-electron chi connectivity index (χ2n) is 3.13. The molecule has 1 unspecified atom stereocenters. The molecule has 0 aromatic rings. The minimum atomic E-state index is -2.69. The Labute approximate surface area is 64.4 Å². The van der Waals surface area contributed by atoms with Crippen molar-refractivity contribution < 1.29 is 18.8 Å². The topological polar surface area (TPSA) is 40.5 Å². The van der Waals surface area contributed by atoms with E-state index in [1.807, 2.05) is 0 Å². The van der Waals surface area contributed by atoms with Gasteiger partial charge in [0.05, 0.1) is 0 Å². The average molecular weight is 164 g/mol. The van der Waals surface area contributed by atoms with Gasteiger partial charge in [0.2, 0.25) is 5.92 Å². The predicted molar refractivity (Wildman–Crippen MR) is 37.4 cm³/mol. The Balaban J connectivity index is 2.46. The fourth-order valence-electron chi connectivity index (χ4n) is 1.47. The van der Waals surface area contributed by atoms with Crippen LogP contribution in [-0.4, -0.2) is 23.1 Å². The van der Waals surface area contributed by atoms with Crippen LogP contribution in [0.2, 0.25) is 5.82 Å². The van der Waals surface area contributed by atoms with Crippen molar-refractivity contribution in [1.82, 2.24) is 0 Å². The van der Waals surface area contributed by atoms with Gasteiger partial charge in [0.25, 0.3) is 0 Å². The molecule has 0 amide bonds. The first kappa shape index (κ1) is 8.94. The van der Waals surface area contributed by atoms with Gasteiger partial charge >= 0.3 is 7.12 Å². The molecule has 5 heteroatoms. The number of alkyl halides is 2. The summed E-state index contributed by atoms with van der Waals surface area (Å²) in [5, 5.41) is 17.3. The highest BCUT2D eigenvalue weighted by Gasteiger charge is 2.40. The van der Waals surface area contributed by atoms with E-state index >= 15 is 0 Å². The lowest BCUT2D eigenvalue weighted by atomic mass is 9.64. The van der Waals surface area contributed by atoms with Gasteiger partial charge in [-0.2, -0.15) is 0 Å². The lowest BCUT2D eigenvalue weighted by molar-refractivity contribution is -0.0364. The Bertz CT molecular complexity index is 141. The molecule has 1 aliphatic carbocycles. The van der Waals surface area contributed by atoms with Crippen molar-refractivity contribution in [2.24, 2.45) is 0 Å². The van der Waals surface area contributed by atoms with Gasteiger partial charge in [-0.05, 0) is 12.2 Å². The van der Waals surface area contributed by atoms with E-state index < -0.39 is 18.9 Å². The number of hydrogen-bond acceptors (Lipinski definition) is 2. The van der Waals surface area contributed by atoms with Crippen molar-refractivity contribution >= 4 is 7.12 Å². The first-order valence-corrected chi connectivity index (χ1v) is 3.75. The van der Waals surface area contributed by atoms with Crippen LogP contribution in [0.4, 0.5) is 8.78 Å². The molecule has 1 fully saturated rings. The van der Waals surface area contributed by atoms with Crippen LogP contribution in [0.15, 0.2) is 0 Å². The van der Waals surface area contributed by atoms with Crippen LogP contribution >= 0.6 is 0 Å². The minimum Gasteiger partial charge on any atom is -0.427 e. The molecule has 2 N–H and O–H groups in total. The van der Waals surface area contributed by atoms with Gasteiger partial charge in [-0.1, -0.05) is 6.42 Å². The average Bonchev–Trinajstić information content (AvgIpc) is 1.85. The summed E-state index contributed by atoms with van der Waals surface area (Å²) in [4.78, 5) is 0. The highest BCUT2D eigenvalue weighted by molar-refractivity contribution is 6.43. The zero-order valence-corrected chi connectivity index (χ0v) is 6.13. The molecule has 1 saturated carbocycles. The van der Waals surface area contributed by atoms with Crippen LogP contribution in [0.5, 0.6) is 0 Å². The molecule has 0 aromatic heterocycles. The Morgan fingerprint density at radius 2 is 2.00 bits per heavy atom. The second kappa shape index (κ2) is 3.07. The molecule has 1 aliphatic rings. The summed E-state index contributed by atoms with van der Waals surface area (Å²) in [6, 6.07) is 0. The smallest absolute Gasteiger partial charge is 0.427 e. The molecule has 1 atom stereocenters. The number of hydrogen-bond donors (Lipinski definition) is 2. The van der Waals surface area contributed by atoms with Crippen molar-refractivity contribution in [1.29, 1.82) is 0 Å². The van der Waals surface area contributed by atoms with E-state index in [1.54, 1.807) is 0 Å². The van der Waals surface area contributed by atoms with Gasteiger partial charge in [-0.25, -0.2) is 8.78 Å². The summed E-state index contributed by atoms with van der Waals surface area (Å²) in [6.45, 7) is 0. The van der Waals surface area contributed by atoms with Gasteiger partial charge < -0.3 is 10.0 Å². The van der Waals surface area contributed by atoms with Gasteiger partial charge in [-0.3, -0.25) is 0 Å². The molecular weight excluding hydrogens is 153 g/mol. The number of rotatable bonds is 1. The zero-order chi connectivity index (χ0) is 8.48. The quantitative estimate of drug-likeness (QED) is 0.568. The third-order valence-electron chi connectivity index (χ3n) is 2.10. The van der Waals surface area contributed by atoms with E-state index in [9.17, 15) is 8.78 Å². The Hall–Kier alpha value is -0.155. The maximum atomic E-state index is 12.6. The van der Waals surface area contributed by atoms with Crippen LogP contribution in [0.25, 0.3) is 0 Å². The molecule has 0 aliphatic heterocycles. The summed E-state index contributed by atoms with van der Waals surface area (Å²) in [7, 11) is -1.58. The molecule has 0 bridgehead atoms. The van der Waals surface area contributed by atoms with Gasteiger partial charge in [0.15, 0.2) is 0 Å². The van der Waals surface area contributed by atoms with E-state index in [1.165, 1.54) is 0 Å². The molecule has 64 valence electrons. The summed E-state index contributed by atoms with van der Waals surface area (Å²) in [5.74, 6) is -3.33. The maximum absolute atomic E-state index is 12.6. The molecule has 0 spiro atoms. The van der Waals surface area contributed by atoms with Crippen molar-refractivity contribution in [3.63, 3.8) is 0 Å². The molecular formula is C6H11BF2O2. The summed E-state index contributed by atoms with van der Waals surface area (Å²) in [5.41, 5.74) is 0. The van der Waals surface area contributed by atoms with Gasteiger partial charge in [0.1, 0.15) is 0 Å². The van der Waals surface area contributed by atoms with E-state index in [-0.39, 0.29) is 12.8 Å². The van der Waals surface area contributed by atoms with E-state index in [0.717, 1.165) is 0 Å². The summed E-state index contributed by atoms with van der Waals surface area (Å²) >= 11 is 0. The molecule has 0 saturated heterocycles. The zero-order valence-electron chi connectivity index (χ0n) is 6.13. The van der Waals surface area contributed by atoms with Crippen molar-refractivity contribution in [3.05, 3.63) is 0 Å². The molecule has 2 nitrogen and oxygen atoms in total. The second-order valence-corrected chi connectivity index (χ2v) is 3.13. The minimum absolute atomic E-state index is 0.115. The standard InChI is InChI=1S/C6H11BF2O2/c8-6(9)3-1-2-5(4-6)7(10)11/h5,10-11H,1-4H2. The molecule has 1 rings (SSSR count). The van der Waals surface area contributed by atoms with E-state index in [0.29, 0.717) is 12.8 Å². The van der Waals surface area contributed by atoms with Crippen molar-refractivity contribution in [2.75, 3.05) is 0 Å². The van der Waals surface area contributed by atoms with Crippen LogP contribution in [0.1, 0.15) is 25.7 Å². The van der Waals surface area contributed by atoms with Crippen LogP contribution in [0.3, 0.4) is 0 Å². The van der Waals surface area contributed by atoms with Crippen molar-refractivity contribution in [3.8, 4) is 0 Å². The summed E-state index contributed by atoms with van der Waals surface area (Å²) < 4.78 is 25.2. The van der Waals surface area contributed by atoms with Gasteiger partial charge in [-0.15, -0.1) is 0 Å². The molecule has 11 heavy (non-hydrogen) atoms. The highest BCUT2D eigenvalue weighted by atomic mass is 19.3. The van der Waals surface area contributed by atoms with Crippen LogP contribution < -0.4 is 0 Å². The Morgan fingerprint density at radius 1 is 1.36 bits per heavy atom. The molecule has 0 heterocycles. The Morgan fingerprint density at radius 3 is 2.36 bits per heavy atom. The molecule has 0 radical (unpaired) electrons. The maximum Gasteiger partial charge on any atom is 0.454 e. The highest BCUT2D eigenvalue weighted by Crippen LogP contribution is 2.40. The third kappa shape index (κ3) is 2.41. The van der Waals surface area contributed by atoms with E-state index in [2.05, 4.69) is 0 Å². The largest absolute Gasteiger partial charge is 0.454 e. The molecule has 0 aromatic carbocycles. The lowest BCUT2D eigenvalue weighted by Gasteiger charge is -2.27. The monoisotopic (exact) mass is 164 g/mol. The normalized spacial score (nSPS) is 30.0. The van der Waals surface area contributed by atoms with Gasteiger partial charge in [0, 0.05) is 12.8 Å². The fourth-order valence-corrected chi connectivity index (χ4v) is 1.47. The first-order valence-electron chi connectivity index (χ1n) is 3.75. The summed E-state index contributed by atoms with van der Waals surface area (Å²) in [6.07, 6.45) is 0.378. The SMILES string of the molecule is OB(O)C1CCCC(F)(F)C1. The lowest BCUT2D eigenvalue weighted by Crippen LogP contribution is -2.31. The van der Waals surface area contributed by atoms with Crippen LogP contribution in [-0.2, 0) is 0 Å². The van der Waals surface area contributed by atoms with E-state index in [4.69, 9.17) is 10.0 Å². The third-order valence-corrected chi connectivity index (χ3v) is 2.10. The first-order chi connectivity index (χ1) is 5.01. The Kier molecular flexibility index (Phi) is 2.49. The van der Waals surface area contributed by atoms with Crippen molar-refractivity contribution in [2.45, 2.75) is 37.4 Å². The predicted octanol–water partition coefficient (Wildman–Crippen LogP) is 1.04. The number of halogens is 2.